The number of nitrogens with zero attached hydrogens (tertiary/aromatic N) is 4. The van der Waals surface area contributed by atoms with Crippen molar-refractivity contribution in [2.45, 2.75) is 25.4 Å². The molecule has 2 aromatic carbocycles. The quantitative estimate of drug-likeness (QED) is 0.320. The average molecular weight is 521 g/mol. The van der Waals surface area contributed by atoms with Crippen LogP contribution in [0.15, 0.2) is 58.2 Å². The predicted molar refractivity (Wildman–Crippen MR) is 119 cm³/mol. The number of benzene rings is 2. The van der Waals surface area contributed by atoms with Gasteiger partial charge in [-0.2, -0.15) is 31.4 Å². The number of imidazole rings is 1. The van der Waals surface area contributed by atoms with E-state index in [1.807, 2.05) is 18.2 Å². The number of nitrogens with one attached hydrogen (secondary N) is 1. The number of aromatic amines is 1. The number of alkyl halides is 6. The first-order valence-corrected chi connectivity index (χ1v) is 10.8. The van der Waals surface area contributed by atoms with Gasteiger partial charge in [-0.25, -0.2) is 4.98 Å². The summed E-state index contributed by atoms with van der Waals surface area (Å²) in [4.78, 5) is 7.76. The summed E-state index contributed by atoms with van der Waals surface area (Å²) in [5.74, 6) is 1.39. The van der Waals surface area contributed by atoms with E-state index in [0.29, 0.717) is 23.3 Å². The normalized spacial score (nSPS) is 13.6. The lowest BCUT2D eigenvalue weighted by Gasteiger charge is -2.19. The van der Waals surface area contributed by atoms with Crippen molar-refractivity contribution in [2.24, 2.45) is 5.10 Å². The third-order valence-corrected chi connectivity index (χ3v) is 5.68. The Morgan fingerprint density at radius 3 is 2.51 bits per heavy atom. The van der Waals surface area contributed by atoms with Gasteiger partial charge in [0.05, 0.1) is 48.8 Å². The van der Waals surface area contributed by atoms with Crippen LogP contribution >= 0.6 is 0 Å². The molecule has 7 nitrogen and oxygen atoms in total. The Morgan fingerprint density at radius 2 is 1.78 bits per heavy atom. The molecule has 4 aromatic rings. The van der Waals surface area contributed by atoms with Gasteiger partial charge in [-0.3, -0.25) is 5.01 Å². The zero-order chi connectivity index (χ0) is 26.4. The van der Waals surface area contributed by atoms with Crippen LogP contribution in [-0.2, 0) is 25.4 Å². The van der Waals surface area contributed by atoms with E-state index in [1.54, 1.807) is 18.2 Å². The summed E-state index contributed by atoms with van der Waals surface area (Å²) in [7, 11) is 1.55. The van der Waals surface area contributed by atoms with Gasteiger partial charge in [0.2, 0.25) is 0 Å². The third kappa shape index (κ3) is 4.88. The van der Waals surface area contributed by atoms with Gasteiger partial charge in [0.25, 0.3) is 0 Å². The Morgan fingerprint density at radius 1 is 1.00 bits per heavy atom. The van der Waals surface area contributed by atoms with Crippen LogP contribution in [0.4, 0.5) is 26.3 Å². The SMILES string of the molecule is COc1ccccc1-c1nc2c([nH]1)CN(Cc1cc(-c3ccc(C(F)(F)F)cc3C(F)(F)F)no1)N=C2. The Bertz CT molecular complexity index is 1470. The second-order valence-corrected chi connectivity index (χ2v) is 8.15. The monoisotopic (exact) mass is 521 g/mol. The number of rotatable bonds is 5. The van der Waals surface area contributed by atoms with Crippen molar-refractivity contribution < 1.29 is 35.6 Å². The molecule has 13 heteroatoms. The molecule has 0 saturated carbocycles. The molecule has 0 radical (unpaired) electrons. The van der Waals surface area contributed by atoms with Crippen molar-refractivity contribution >= 4 is 6.21 Å². The van der Waals surface area contributed by atoms with E-state index in [2.05, 4.69) is 20.2 Å². The number of para-hydroxylation sites is 1. The number of ether oxygens (including phenoxy) is 1. The van der Waals surface area contributed by atoms with Gasteiger partial charge in [0, 0.05) is 11.6 Å². The summed E-state index contributed by atoms with van der Waals surface area (Å²) in [5, 5.41) is 9.53. The average Bonchev–Trinajstić information content (AvgIpc) is 3.49. The molecule has 37 heavy (non-hydrogen) atoms. The van der Waals surface area contributed by atoms with Crippen LogP contribution in [0.5, 0.6) is 5.75 Å². The van der Waals surface area contributed by atoms with Crippen molar-refractivity contribution in [3.05, 3.63) is 76.8 Å². The zero-order valence-corrected chi connectivity index (χ0v) is 19.0. The molecule has 1 aliphatic rings. The Balaban J connectivity index is 1.36. The first kappa shape index (κ1) is 24.4. The van der Waals surface area contributed by atoms with E-state index in [4.69, 9.17) is 9.26 Å². The number of H-pyrrole nitrogens is 1. The molecule has 2 aromatic heterocycles. The van der Waals surface area contributed by atoms with Crippen molar-refractivity contribution in [1.82, 2.24) is 20.1 Å². The van der Waals surface area contributed by atoms with Crippen molar-refractivity contribution in [3.63, 3.8) is 0 Å². The fourth-order valence-electron chi connectivity index (χ4n) is 3.95. The standard InChI is InChI=1S/C24H17F6N5O2/c1-36-21-5-3-2-4-16(21)22-32-19-10-31-35(12-20(19)33-22)11-14-9-18(34-37-14)15-7-6-13(23(25,26)27)8-17(15)24(28,29)30/h2-10H,11-12H2,1H3,(H,32,33). The van der Waals surface area contributed by atoms with Crippen LogP contribution in [0, 0.1) is 0 Å². The number of methoxy groups -OCH3 is 1. The molecule has 0 fully saturated rings. The maximum atomic E-state index is 13.5. The summed E-state index contributed by atoms with van der Waals surface area (Å²) in [5.41, 5.74) is -1.49. The lowest BCUT2D eigenvalue weighted by atomic mass is 10.0. The number of fused-ring (bicyclic) bond motifs is 1. The number of hydrogen-bond acceptors (Lipinski definition) is 6. The maximum absolute atomic E-state index is 13.5. The van der Waals surface area contributed by atoms with Crippen molar-refractivity contribution in [2.75, 3.05) is 7.11 Å². The smallest absolute Gasteiger partial charge is 0.417 e. The lowest BCUT2D eigenvalue weighted by Crippen LogP contribution is -2.21. The topological polar surface area (TPSA) is 79.5 Å². The van der Waals surface area contributed by atoms with E-state index in [1.165, 1.54) is 12.3 Å². The molecular formula is C24H17F6N5O2. The number of hydrogen-bond donors (Lipinski definition) is 1. The summed E-state index contributed by atoms with van der Waals surface area (Å²) in [6.07, 6.45) is -8.41. The first-order valence-electron chi connectivity index (χ1n) is 10.8. The van der Waals surface area contributed by atoms with E-state index in [0.717, 1.165) is 17.3 Å². The van der Waals surface area contributed by atoms with Crippen molar-refractivity contribution in [1.29, 1.82) is 0 Å². The van der Waals surface area contributed by atoms with E-state index >= 15 is 0 Å². The number of aromatic nitrogens is 3. The number of hydrazone groups is 1. The second kappa shape index (κ2) is 8.98. The predicted octanol–water partition coefficient (Wildman–Crippen LogP) is 6.13. The summed E-state index contributed by atoms with van der Waals surface area (Å²) in [6, 6.07) is 9.97. The molecule has 0 spiro atoms. The highest BCUT2D eigenvalue weighted by molar-refractivity contribution is 5.81. The van der Waals surface area contributed by atoms with Gasteiger partial charge in [-0.1, -0.05) is 23.4 Å². The lowest BCUT2D eigenvalue weighted by molar-refractivity contribution is -0.142. The molecule has 5 rings (SSSR count). The maximum Gasteiger partial charge on any atom is 0.417 e. The number of halogens is 6. The fraction of sp³-hybridized carbons (Fsp3) is 0.208. The molecule has 0 atom stereocenters. The highest BCUT2D eigenvalue weighted by Crippen LogP contribution is 2.41. The molecule has 0 bridgehead atoms. The fourth-order valence-corrected chi connectivity index (χ4v) is 3.95. The first-order chi connectivity index (χ1) is 17.5. The van der Waals surface area contributed by atoms with Crippen molar-refractivity contribution in [3.8, 4) is 28.4 Å². The zero-order valence-electron chi connectivity index (χ0n) is 19.0. The molecule has 0 saturated heterocycles. The molecule has 1 aliphatic heterocycles. The van der Waals surface area contributed by atoms with Crippen LogP contribution in [0.2, 0.25) is 0 Å². The van der Waals surface area contributed by atoms with Crippen LogP contribution in [-0.4, -0.2) is 33.5 Å². The van der Waals surface area contributed by atoms with Crippen LogP contribution in [0.25, 0.3) is 22.6 Å². The van der Waals surface area contributed by atoms with Gasteiger partial charge in [0.1, 0.15) is 23.0 Å². The van der Waals surface area contributed by atoms with Gasteiger partial charge in [0.15, 0.2) is 5.76 Å². The summed E-state index contributed by atoms with van der Waals surface area (Å²) >= 11 is 0. The molecule has 3 heterocycles. The van der Waals surface area contributed by atoms with Crippen LogP contribution in [0.3, 0.4) is 0 Å². The minimum Gasteiger partial charge on any atom is -0.496 e. The van der Waals surface area contributed by atoms with E-state index < -0.39 is 29.0 Å². The molecule has 0 aliphatic carbocycles. The van der Waals surface area contributed by atoms with Crippen LogP contribution in [0.1, 0.15) is 28.3 Å². The highest BCUT2D eigenvalue weighted by atomic mass is 19.4. The Kier molecular flexibility index (Phi) is 5.92. The minimum atomic E-state index is -5.02. The summed E-state index contributed by atoms with van der Waals surface area (Å²) < 4.78 is 90.0. The van der Waals surface area contributed by atoms with E-state index in [-0.39, 0.29) is 30.6 Å². The van der Waals surface area contributed by atoms with Gasteiger partial charge < -0.3 is 14.2 Å². The minimum absolute atomic E-state index is 0.0495. The molecular weight excluding hydrogens is 504 g/mol. The van der Waals surface area contributed by atoms with Gasteiger partial charge in [-0.05, 0) is 24.3 Å². The van der Waals surface area contributed by atoms with Gasteiger partial charge in [-0.15, -0.1) is 0 Å². The van der Waals surface area contributed by atoms with Crippen LogP contribution < -0.4 is 4.74 Å². The Labute approximate surface area is 205 Å². The molecule has 0 unspecified atom stereocenters. The second-order valence-electron chi connectivity index (χ2n) is 8.15. The summed E-state index contributed by atoms with van der Waals surface area (Å²) in [6.45, 7) is 0.339. The molecule has 1 N–H and O–H groups in total. The van der Waals surface area contributed by atoms with E-state index in [9.17, 15) is 26.3 Å². The molecule has 0 amide bonds. The molecule has 192 valence electrons. The highest BCUT2D eigenvalue weighted by Gasteiger charge is 2.39. The van der Waals surface area contributed by atoms with Gasteiger partial charge >= 0.3 is 12.4 Å². The third-order valence-electron chi connectivity index (χ3n) is 5.68. The largest absolute Gasteiger partial charge is 0.496 e. The Hall–Kier alpha value is -4.29.